The molecule has 3 aromatic rings. The molecule has 0 radical (unpaired) electrons. The van der Waals surface area contributed by atoms with Crippen molar-refractivity contribution in [3.63, 3.8) is 0 Å². The molecule has 9 heteroatoms. The first-order valence-electron chi connectivity index (χ1n) is 9.45. The maximum absolute atomic E-state index is 12.7. The quantitative estimate of drug-likeness (QED) is 0.676. The van der Waals surface area contributed by atoms with Crippen molar-refractivity contribution in [1.82, 2.24) is 34.9 Å². The van der Waals surface area contributed by atoms with E-state index in [1.54, 1.807) is 29.6 Å². The molecule has 0 saturated carbocycles. The fourth-order valence-corrected chi connectivity index (χ4v) is 3.57. The minimum absolute atomic E-state index is 0.0444. The van der Waals surface area contributed by atoms with Crippen LogP contribution in [0.2, 0.25) is 0 Å². The molecule has 2 amide bonds. The van der Waals surface area contributed by atoms with Gasteiger partial charge in [0.25, 0.3) is 5.91 Å². The number of carbonyl (C=O) groups is 2. The fourth-order valence-electron chi connectivity index (χ4n) is 3.57. The maximum atomic E-state index is 12.7. The lowest BCUT2D eigenvalue weighted by molar-refractivity contribution is -0.129. The van der Waals surface area contributed by atoms with Crippen LogP contribution in [0.4, 0.5) is 0 Å². The number of aromatic amines is 1. The van der Waals surface area contributed by atoms with Crippen molar-refractivity contribution in [2.75, 3.05) is 13.1 Å². The predicted octanol–water partition coefficient (Wildman–Crippen LogP) is 1.17. The highest BCUT2D eigenvalue weighted by atomic mass is 16.2. The predicted molar refractivity (Wildman–Crippen MR) is 106 cm³/mol. The summed E-state index contributed by atoms with van der Waals surface area (Å²) in [6.07, 6.45) is 5.86. The van der Waals surface area contributed by atoms with Crippen molar-refractivity contribution in [1.29, 1.82) is 0 Å². The van der Waals surface area contributed by atoms with E-state index in [2.05, 4.69) is 25.5 Å². The molecular weight excluding hydrogens is 370 g/mol. The van der Waals surface area contributed by atoms with Gasteiger partial charge in [-0.2, -0.15) is 5.10 Å². The summed E-state index contributed by atoms with van der Waals surface area (Å²) < 4.78 is 1.84. The molecule has 0 aliphatic carbocycles. The summed E-state index contributed by atoms with van der Waals surface area (Å²) in [5, 5.41) is 9.72. The summed E-state index contributed by atoms with van der Waals surface area (Å²) in [4.78, 5) is 35.3. The maximum Gasteiger partial charge on any atom is 0.251 e. The van der Waals surface area contributed by atoms with E-state index in [0.29, 0.717) is 37.3 Å². The van der Waals surface area contributed by atoms with Crippen LogP contribution in [0.1, 0.15) is 29.4 Å². The van der Waals surface area contributed by atoms with E-state index in [-0.39, 0.29) is 11.8 Å². The van der Waals surface area contributed by atoms with Crippen LogP contribution < -0.4 is 5.32 Å². The molecule has 0 bridgehead atoms. The second kappa shape index (κ2) is 7.50. The lowest BCUT2D eigenvalue weighted by atomic mass is 10.0. The Morgan fingerprint density at radius 3 is 2.72 bits per heavy atom. The number of H-pyrrole nitrogens is 1. The molecule has 29 heavy (non-hydrogen) atoms. The van der Waals surface area contributed by atoms with Gasteiger partial charge < -0.3 is 14.8 Å². The van der Waals surface area contributed by atoms with Crippen molar-refractivity contribution in [3.8, 4) is 11.4 Å². The van der Waals surface area contributed by atoms with E-state index < -0.39 is 5.54 Å². The Morgan fingerprint density at radius 1 is 1.28 bits per heavy atom. The van der Waals surface area contributed by atoms with Gasteiger partial charge in [0.2, 0.25) is 5.91 Å². The minimum Gasteiger partial charge on any atom is -0.345 e. The van der Waals surface area contributed by atoms with E-state index in [1.165, 1.54) is 6.33 Å². The molecule has 3 heterocycles. The van der Waals surface area contributed by atoms with Crippen molar-refractivity contribution in [3.05, 3.63) is 54.4 Å². The zero-order valence-electron chi connectivity index (χ0n) is 16.4. The van der Waals surface area contributed by atoms with Gasteiger partial charge >= 0.3 is 0 Å². The van der Waals surface area contributed by atoms with Crippen LogP contribution in [-0.2, 0) is 18.3 Å². The van der Waals surface area contributed by atoms with E-state index in [4.69, 9.17) is 0 Å². The summed E-state index contributed by atoms with van der Waals surface area (Å²) in [5.74, 6) is 0.544. The summed E-state index contributed by atoms with van der Waals surface area (Å²) >= 11 is 0. The largest absolute Gasteiger partial charge is 0.345 e. The van der Waals surface area contributed by atoms with Gasteiger partial charge in [0.1, 0.15) is 6.33 Å². The SMILES string of the molecule is Cn1cncc1CC(=O)N1CCC(C)(NC(=O)c2ccc(-c3ncn[nH]3)cc2)C1. The number of likely N-dealkylation sites (tertiary alicyclic amines) is 1. The Bertz CT molecular complexity index is 1010. The number of nitrogens with zero attached hydrogens (tertiary/aromatic N) is 5. The zero-order valence-corrected chi connectivity index (χ0v) is 16.4. The second-order valence-electron chi connectivity index (χ2n) is 7.66. The monoisotopic (exact) mass is 393 g/mol. The molecule has 2 N–H and O–H groups in total. The number of carbonyl (C=O) groups excluding carboxylic acids is 2. The second-order valence-corrected chi connectivity index (χ2v) is 7.66. The number of hydrogen-bond donors (Lipinski definition) is 2. The van der Waals surface area contributed by atoms with Gasteiger partial charge in [0, 0.05) is 43.2 Å². The normalized spacial score (nSPS) is 18.8. The van der Waals surface area contributed by atoms with Crippen LogP contribution in [0.5, 0.6) is 0 Å². The molecule has 0 spiro atoms. The molecule has 1 saturated heterocycles. The van der Waals surface area contributed by atoms with Crippen molar-refractivity contribution in [2.24, 2.45) is 7.05 Å². The third-order valence-corrected chi connectivity index (χ3v) is 5.33. The summed E-state index contributed by atoms with van der Waals surface area (Å²) in [6.45, 7) is 3.09. The number of benzene rings is 1. The summed E-state index contributed by atoms with van der Waals surface area (Å²) in [6, 6.07) is 7.18. The van der Waals surface area contributed by atoms with E-state index in [1.807, 2.05) is 30.7 Å². The van der Waals surface area contributed by atoms with Crippen molar-refractivity contribution >= 4 is 11.8 Å². The Labute approximate surface area is 168 Å². The molecule has 1 aliphatic rings. The molecule has 4 rings (SSSR count). The Balaban J connectivity index is 1.37. The molecule has 1 atom stereocenters. The number of imidazole rings is 1. The molecule has 1 aliphatic heterocycles. The molecule has 150 valence electrons. The highest BCUT2D eigenvalue weighted by Crippen LogP contribution is 2.23. The van der Waals surface area contributed by atoms with E-state index >= 15 is 0 Å². The van der Waals surface area contributed by atoms with Crippen LogP contribution in [0.15, 0.2) is 43.1 Å². The highest BCUT2D eigenvalue weighted by Gasteiger charge is 2.37. The number of hydrogen-bond acceptors (Lipinski definition) is 5. The molecule has 9 nitrogen and oxygen atoms in total. The van der Waals surface area contributed by atoms with Crippen LogP contribution in [-0.4, -0.2) is 60.1 Å². The first-order valence-corrected chi connectivity index (χ1v) is 9.45. The lowest BCUT2D eigenvalue weighted by Gasteiger charge is -2.26. The average molecular weight is 393 g/mol. The standard InChI is InChI=1S/C20H23N7O2/c1-20(7-8-27(11-20)17(28)9-16-10-21-13-26(16)2)24-19(29)15-5-3-14(4-6-15)18-22-12-23-25-18/h3-6,10,12-13H,7-9,11H2,1-2H3,(H,24,29)(H,22,23,25). The van der Waals surface area contributed by atoms with Gasteiger partial charge in [0.15, 0.2) is 5.82 Å². The van der Waals surface area contributed by atoms with Gasteiger partial charge in [-0.1, -0.05) is 12.1 Å². The number of nitrogens with one attached hydrogen (secondary N) is 2. The van der Waals surface area contributed by atoms with Gasteiger partial charge in [-0.25, -0.2) is 9.97 Å². The van der Waals surface area contributed by atoms with Crippen LogP contribution in [0.25, 0.3) is 11.4 Å². The van der Waals surface area contributed by atoms with E-state index in [0.717, 1.165) is 11.3 Å². The highest BCUT2D eigenvalue weighted by molar-refractivity contribution is 5.95. The molecule has 1 unspecified atom stereocenters. The third kappa shape index (κ3) is 4.03. The lowest BCUT2D eigenvalue weighted by Crippen LogP contribution is -2.48. The van der Waals surface area contributed by atoms with Gasteiger partial charge in [0.05, 0.1) is 18.3 Å². The smallest absolute Gasteiger partial charge is 0.251 e. The number of rotatable bonds is 5. The van der Waals surface area contributed by atoms with Gasteiger partial charge in [-0.3, -0.25) is 14.7 Å². The van der Waals surface area contributed by atoms with Crippen LogP contribution >= 0.6 is 0 Å². The zero-order chi connectivity index (χ0) is 20.4. The Kier molecular flexibility index (Phi) is 4.87. The first-order chi connectivity index (χ1) is 13.9. The Hall–Kier alpha value is -3.49. The number of aryl methyl sites for hydroxylation is 1. The average Bonchev–Trinajstić information content (AvgIpc) is 3.45. The van der Waals surface area contributed by atoms with Crippen molar-refractivity contribution < 1.29 is 9.59 Å². The molecule has 1 aromatic carbocycles. The molecular formula is C20H23N7O2. The topological polar surface area (TPSA) is 109 Å². The third-order valence-electron chi connectivity index (χ3n) is 5.33. The van der Waals surface area contributed by atoms with E-state index in [9.17, 15) is 9.59 Å². The number of amides is 2. The minimum atomic E-state index is -0.456. The summed E-state index contributed by atoms with van der Waals surface area (Å²) in [7, 11) is 1.87. The van der Waals surface area contributed by atoms with Gasteiger partial charge in [-0.15, -0.1) is 0 Å². The molecule has 1 fully saturated rings. The number of aromatic nitrogens is 5. The van der Waals surface area contributed by atoms with Crippen LogP contribution in [0, 0.1) is 0 Å². The van der Waals surface area contributed by atoms with Gasteiger partial charge in [-0.05, 0) is 25.5 Å². The van der Waals surface area contributed by atoms with Crippen LogP contribution in [0.3, 0.4) is 0 Å². The first kappa shape index (κ1) is 18.9. The Morgan fingerprint density at radius 2 is 2.07 bits per heavy atom. The van der Waals surface area contributed by atoms with Crippen molar-refractivity contribution in [2.45, 2.75) is 25.3 Å². The summed E-state index contributed by atoms with van der Waals surface area (Å²) in [5.41, 5.74) is 1.84. The molecule has 2 aromatic heterocycles. The fraction of sp³-hybridized carbons (Fsp3) is 0.350.